The molecule has 0 aromatic rings. The van der Waals surface area contributed by atoms with Crippen LogP contribution in [0.1, 0.15) is 13.3 Å². The molecule has 4 heteroatoms. The number of amides is 1. The second-order valence-corrected chi connectivity index (χ2v) is 4.00. The first kappa shape index (κ1) is 10.6. The largest absolute Gasteiger partial charge is 0.340 e. The molecule has 0 aliphatic carbocycles. The first-order valence-electron chi connectivity index (χ1n) is 4.58. The average molecular weight is 200 g/mol. The zero-order valence-electron chi connectivity index (χ0n) is 8.03. The van der Waals surface area contributed by atoms with Crippen molar-refractivity contribution in [3.8, 4) is 0 Å². The third-order valence-corrected chi connectivity index (χ3v) is 2.93. The molecule has 1 amide bonds. The van der Waals surface area contributed by atoms with Gasteiger partial charge in [-0.15, -0.1) is 0 Å². The van der Waals surface area contributed by atoms with Gasteiger partial charge in [0.15, 0.2) is 0 Å². The fourth-order valence-electron chi connectivity index (χ4n) is 1.37. The number of rotatable bonds is 3. The molecule has 13 heavy (non-hydrogen) atoms. The van der Waals surface area contributed by atoms with E-state index in [9.17, 15) is 4.79 Å². The monoisotopic (exact) mass is 200 g/mol. The van der Waals surface area contributed by atoms with E-state index in [4.69, 9.17) is 0 Å². The van der Waals surface area contributed by atoms with E-state index in [0.29, 0.717) is 6.42 Å². The molecule has 1 rings (SSSR count). The summed E-state index contributed by atoms with van der Waals surface area (Å²) in [6.07, 6.45) is 0.620. The molecule has 0 atom stereocenters. The summed E-state index contributed by atoms with van der Waals surface area (Å²) in [4.78, 5) is 13.2. The zero-order valence-corrected chi connectivity index (χ0v) is 8.85. The van der Waals surface area contributed by atoms with Gasteiger partial charge in [0.25, 0.3) is 0 Å². The lowest BCUT2D eigenvalue weighted by Crippen LogP contribution is -2.45. The summed E-state index contributed by atoms with van der Waals surface area (Å²) in [5.74, 6) is 0.267. The summed E-state index contributed by atoms with van der Waals surface area (Å²) in [6, 6.07) is 0. The average Bonchev–Trinajstić information content (AvgIpc) is 2.18. The lowest BCUT2D eigenvalue weighted by molar-refractivity contribution is -0.131. The lowest BCUT2D eigenvalue weighted by Gasteiger charge is -2.33. The minimum absolute atomic E-state index is 0.267. The van der Waals surface area contributed by atoms with Gasteiger partial charge in [0.2, 0.25) is 5.91 Å². The highest BCUT2D eigenvalue weighted by Crippen LogP contribution is 2.13. The molecule has 1 saturated heterocycles. The van der Waals surface area contributed by atoms with Crippen LogP contribution in [0.15, 0.2) is 12.0 Å². The van der Waals surface area contributed by atoms with Crippen molar-refractivity contribution in [1.29, 1.82) is 0 Å². The Balaban J connectivity index is 2.30. The molecule has 1 aliphatic heterocycles. The second-order valence-electron chi connectivity index (χ2n) is 2.94. The van der Waals surface area contributed by atoms with E-state index >= 15 is 0 Å². The third-order valence-electron chi connectivity index (χ3n) is 2.12. The van der Waals surface area contributed by atoms with Crippen LogP contribution < -0.4 is 0 Å². The number of hydrogen-bond donors (Lipinski definition) is 0. The van der Waals surface area contributed by atoms with Gasteiger partial charge in [0, 0.05) is 32.6 Å². The Morgan fingerprint density at radius 1 is 1.46 bits per heavy atom. The maximum atomic E-state index is 11.3. The van der Waals surface area contributed by atoms with E-state index in [-0.39, 0.29) is 5.91 Å². The molecular formula is C9H16N2OS. The number of carbonyl (C=O) groups excluding carboxylic acids is 1. The highest BCUT2D eigenvalue weighted by atomic mass is 32.2. The van der Waals surface area contributed by atoms with Crippen molar-refractivity contribution in [1.82, 2.24) is 9.21 Å². The van der Waals surface area contributed by atoms with E-state index in [1.165, 1.54) is 0 Å². The minimum atomic E-state index is 0.267. The maximum absolute atomic E-state index is 11.3. The lowest BCUT2D eigenvalue weighted by atomic mass is 10.3. The van der Waals surface area contributed by atoms with Crippen molar-refractivity contribution >= 4 is 17.9 Å². The van der Waals surface area contributed by atoms with Crippen LogP contribution in [-0.2, 0) is 4.79 Å². The molecule has 1 aliphatic rings. The number of hydrogen-bond acceptors (Lipinski definition) is 3. The van der Waals surface area contributed by atoms with Crippen LogP contribution in [-0.4, -0.2) is 41.3 Å². The number of piperazine rings is 1. The summed E-state index contributed by atoms with van der Waals surface area (Å²) in [5, 5.41) is 1.83. The molecule has 3 nitrogen and oxygen atoms in total. The van der Waals surface area contributed by atoms with Gasteiger partial charge in [-0.05, 0) is 5.41 Å². The molecule has 74 valence electrons. The van der Waals surface area contributed by atoms with Crippen LogP contribution in [0.4, 0.5) is 0 Å². The summed E-state index contributed by atoms with van der Waals surface area (Å²) >= 11 is 1.63. The quantitative estimate of drug-likeness (QED) is 0.642. The van der Waals surface area contributed by atoms with Gasteiger partial charge in [0.05, 0.1) is 0 Å². The normalized spacial score (nSPS) is 18.7. The van der Waals surface area contributed by atoms with Crippen LogP contribution >= 0.6 is 11.9 Å². The van der Waals surface area contributed by atoms with Crippen molar-refractivity contribution in [3.63, 3.8) is 0 Å². The molecule has 0 spiro atoms. The van der Waals surface area contributed by atoms with E-state index in [0.717, 1.165) is 26.2 Å². The highest BCUT2D eigenvalue weighted by Gasteiger charge is 2.19. The van der Waals surface area contributed by atoms with Crippen LogP contribution in [0.3, 0.4) is 0 Å². The molecule has 0 bridgehead atoms. The number of carbonyl (C=O) groups is 1. The van der Waals surface area contributed by atoms with Crippen molar-refractivity contribution < 1.29 is 4.79 Å². The van der Waals surface area contributed by atoms with Crippen LogP contribution in [0.2, 0.25) is 0 Å². The Morgan fingerprint density at radius 3 is 2.54 bits per heavy atom. The van der Waals surface area contributed by atoms with Gasteiger partial charge >= 0.3 is 0 Å². The SMILES string of the molecule is C=CSN1CCN(C(=O)CC)CC1. The van der Waals surface area contributed by atoms with Gasteiger partial charge in [-0.3, -0.25) is 4.79 Å². The summed E-state index contributed by atoms with van der Waals surface area (Å²) in [7, 11) is 0. The molecule has 0 radical (unpaired) electrons. The topological polar surface area (TPSA) is 23.6 Å². The minimum Gasteiger partial charge on any atom is -0.340 e. The third kappa shape index (κ3) is 3.04. The summed E-state index contributed by atoms with van der Waals surface area (Å²) < 4.78 is 2.23. The van der Waals surface area contributed by atoms with Gasteiger partial charge < -0.3 is 4.90 Å². The van der Waals surface area contributed by atoms with Gasteiger partial charge in [-0.2, -0.15) is 0 Å². The molecule has 0 aromatic carbocycles. The van der Waals surface area contributed by atoms with Crippen molar-refractivity contribution in [2.75, 3.05) is 26.2 Å². The molecule has 0 saturated carbocycles. The standard InChI is InChI=1S/C9H16N2OS/c1-3-9(12)10-5-7-11(8-6-10)13-4-2/h4H,2-3,5-8H2,1H3. The Kier molecular flexibility index (Phi) is 4.32. The fourth-order valence-corrected chi connectivity index (χ4v) is 1.96. The van der Waals surface area contributed by atoms with E-state index < -0.39 is 0 Å². The van der Waals surface area contributed by atoms with Crippen LogP contribution in [0.25, 0.3) is 0 Å². The van der Waals surface area contributed by atoms with Gasteiger partial charge in [-0.1, -0.05) is 25.5 Å². The van der Waals surface area contributed by atoms with E-state index in [1.54, 1.807) is 11.9 Å². The van der Waals surface area contributed by atoms with E-state index in [1.807, 2.05) is 17.2 Å². The maximum Gasteiger partial charge on any atom is 0.222 e. The van der Waals surface area contributed by atoms with Crippen molar-refractivity contribution in [2.45, 2.75) is 13.3 Å². The van der Waals surface area contributed by atoms with Gasteiger partial charge in [0.1, 0.15) is 0 Å². The molecular weight excluding hydrogens is 184 g/mol. The fraction of sp³-hybridized carbons (Fsp3) is 0.667. The highest BCUT2D eigenvalue weighted by molar-refractivity contribution is 7.99. The molecule has 0 aromatic heterocycles. The molecule has 0 unspecified atom stereocenters. The Labute approximate surface area is 83.9 Å². The first-order valence-corrected chi connectivity index (χ1v) is 5.42. The van der Waals surface area contributed by atoms with Gasteiger partial charge in [-0.25, -0.2) is 4.31 Å². The van der Waals surface area contributed by atoms with Crippen LogP contribution in [0, 0.1) is 0 Å². The molecule has 1 heterocycles. The predicted octanol–water partition coefficient (Wildman–Crippen LogP) is 1.33. The Morgan fingerprint density at radius 2 is 2.08 bits per heavy atom. The Bertz CT molecular complexity index is 188. The Hall–Kier alpha value is -0.480. The molecule has 1 fully saturated rings. The first-order chi connectivity index (χ1) is 6.27. The summed E-state index contributed by atoms with van der Waals surface area (Å²) in [5.41, 5.74) is 0. The van der Waals surface area contributed by atoms with Crippen LogP contribution in [0.5, 0.6) is 0 Å². The van der Waals surface area contributed by atoms with Crippen molar-refractivity contribution in [2.24, 2.45) is 0 Å². The second kappa shape index (κ2) is 5.29. The predicted molar refractivity (Wildman–Crippen MR) is 56.2 cm³/mol. The molecule has 0 N–H and O–H groups in total. The van der Waals surface area contributed by atoms with Crippen molar-refractivity contribution in [3.05, 3.63) is 12.0 Å². The zero-order chi connectivity index (χ0) is 9.68. The number of nitrogens with zero attached hydrogens (tertiary/aromatic N) is 2. The summed E-state index contributed by atoms with van der Waals surface area (Å²) in [6.45, 7) is 9.18. The smallest absolute Gasteiger partial charge is 0.222 e. The van der Waals surface area contributed by atoms with E-state index in [2.05, 4.69) is 10.9 Å².